The van der Waals surface area contributed by atoms with E-state index in [0.717, 1.165) is 0 Å². The van der Waals surface area contributed by atoms with Crippen molar-refractivity contribution in [3.8, 4) is 23.1 Å². The number of nitrogens with zero attached hydrogens (tertiary/aromatic N) is 1. The van der Waals surface area contributed by atoms with E-state index in [9.17, 15) is 8.42 Å². The fourth-order valence-corrected chi connectivity index (χ4v) is 2.33. The highest BCUT2D eigenvalue weighted by Gasteiger charge is 2.18. The Morgan fingerprint density at radius 3 is 2.80 bits per heavy atom. The Morgan fingerprint density at radius 2 is 2.00 bits per heavy atom. The largest absolute Gasteiger partial charge is 0.454 e. The number of ether oxygens (including phenoxy) is 3. The number of fused-ring (bicyclic) bond motifs is 1. The molecule has 0 radical (unpaired) electrons. The van der Waals surface area contributed by atoms with E-state index in [2.05, 4.69) is 4.98 Å². The molecule has 2 aromatic rings. The van der Waals surface area contributed by atoms with Gasteiger partial charge in [-0.25, -0.2) is 18.5 Å². The summed E-state index contributed by atoms with van der Waals surface area (Å²) in [6.07, 6.45) is 1.41. The van der Waals surface area contributed by atoms with Crippen molar-refractivity contribution in [3.63, 3.8) is 0 Å². The average molecular weight is 294 g/mol. The van der Waals surface area contributed by atoms with Crippen LogP contribution in [-0.2, 0) is 10.0 Å². The molecule has 0 fully saturated rings. The molecule has 7 nitrogen and oxygen atoms in total. The summed E-state index contributed by atoms with van der Waals surface area (Å²) in [6, 6.07) is 7.66. The van der Waals surface area contributed by atoms with Gasteiger partial charge in [0.05, 0.1) is 0 Å². The zero-order valence-corrected chi connectivity index (χ0v) is 11.0. The molecule has 0 spiro atoms. The molecule has 104 valence electrons. The first-order chi connectivity index (χ1) is 9.54. The number of pyridine rings is 1. The van der Waals surface area contributed by atoms with Crippen LogP contribution < -0.4 is 19.3 Å². The van der Waals surface area contributed by atoms with Gasteiger partial charge in [-0.3, -0.25) is 0 Å². The van der Waals surface area contributed by atoms with Crippen molar-refractivity contribution in [2.24, 2.45) is 5.14 Å². The molecule has 2 heterocycles. The van der Waals surface area contributed by atoms with E-state index in [1.807, 2.05) is 0 Å². The summed E-state index contributed by atoms with van der Waals surface area (Å²) in [4.78, 5) is 3.70. The molecule has 8 heteroatoms. The monoisotopic (exact) mass is 294 g/mol. The minimum absolute atomic E-state index is 0.0890. The number of primary sulfonamides is 1. The van der Waals surface area contributed by atoms with E-state index in [1.54, 1.807) is 18.2 Å². The molecule has 1 aromatic carbocycles. The van der Waals surface area contributed by atoms with Gasteiger partial charge in [-0.2, -0.15) is 0 Å². The maximum absolute atomic E-state index is 11.4. The quantitative estimate of drug-likeness (QED) is 0.914. The number of aromatic nitrogens is 1. The summed E-state index contributed by atoms with van der Waals surface area (Å²) in [7, 11) is -3.91. The highest BCUT2D eigenvalue weighted by atomic mass is 32.2. The van der Waals surface area contributed by atoms with E-state index in [-0.39, 0.29) is 17.6 Å². The molecule has 0 aliphatic carbocycles. The van der Waals surface area contributed by atoms with Gasteiger partial charge in [0.1, 0.15) is 10.6 Å². The van der Waals surface area contributed by atoms with Crippen molar-refractivity contribution in [1.29, 1.82) is 0 Å². The molecule has 0 atom stereocenters. The second-order valence-electron chi connectivity index (χ2n) is 3.97. The van der Waals surface area contributed by atoms with Gasteiger partial charge in [0.25, 0.3) is 0 Å². The number of nitrogens with two attached hydrogens (primary N) is 1. The minimum atomic E-state index is -3.91. The molecule has 0 unspecified atom stereocenters. The molecule has 1 aromatic heterocycles. The topological polar surface area (TPSA) is 101 Å². The Hall–Kier alpha value is -2.32. The van der Waals surface area contributed by atoms with Crippen LogP contribution in [0, 0.1) is 0 Å². The number of hydrogen-bond acceptors (Lipinski definition) is 6. The van der Waals surface area contributed by atoms with Crippen LogP contribution in [0.25, 0.3) is 0 Å². The Morgan fingerprint density at radius 1 is 1.20 bits per heavy atom. The second-order valence-corrected chi connectivity index (χ2v) is 5.50. The van der Waals surface area contributed by atoms with Crippen LogP contribution in [0.4, 0.5) is 0 Å². The fraction of sp³-hybridized carbons (Fsp3) is 0.0833. The van der Waals surface area contributed by atoms with E-state index in [1.165, 1.54) is 18.3 Å². The average Bonchev–Trinajstić information content (AvgIpc) is 2.85. The Bertz CT molecular complexity index is 760. The molecule has 1 aliphatic rings. The predicted molar refractivity (Wildman–Crippen MR) is 68.2 cm³/mol. The number of benzene rings is 1. The first-order valence-corrected chi connectivity index (χ1v) is 7.14. The fourth-order valence-electron chi connectivity index (χ4n) is 1.72. The maximum Gasteiger partial charge on any atom is 0.243 e. The first kappa shape index (κ1) is 12.7. The normalized spacial score (nSPS) is 13.2. The van der Waals surface area contributed by atoms with Crippen molar-refractivity contribution in [2.45, 2.75) is 4.90 Å². The lowest BCUT2D eigenvalue weighted by molar-refractivity contribution is 0.174. The van der Waals surface area contributed by atoms with Crippen LogP contribution in [-0.4, -0.2) is 20.2 Å². The Labute approximate surface area is 115 Å². The van der Waals surface area contributed by atoms with Gasteiger partial charge in [0.2, 0.25) is 22.7 Å². The lowest BCUT2D eigenvalue weighted by Gasteiger charge is -2.08. The zero-order chi connectivity index (χ0) is 14.2. The predicted octanol–water partition coefficient (Wildman–Crippen LogP) is 1.25. The SMILES string of the molecule is NS(=O)(=O)c1cccnc1Oc1ccc2c(c1)OCO2. The molecule has 20 heavy (non-hydrogen) atoms. The summed E-state index contributed by atoms with van der Waals surface area (Å²) in [5.74, 6) is 1.41. The lowest BCUT2D eigenvalue weighted by atomic mass is 10.3. The van der Waals surface area contributed by atoms with Gasteiger partial charge in [0, 0.05) is 12.3 Å². The van der Waals surface area contributed by atoms with Crippen molar-refractivity contribution < 1.29 is 22.6 Å². The van der Waals surface area contributed by atoms with Crippen LogP contribution >= 0.6 is 0 Å². The molecule has 0 saturated carbocycles. The minimum Gasteiger partial charge on any atom is -0.454 e. The van der Waals surface area contributed by atoms with E-state index < -0.39 is 10.0 Å². The van der Waals surface area contributed by atoms with Gasteiger partial charge in [-0.05, 0) is 24.3 Å². The van der Waals surface area contributed by atoms with Crippen molar-refractivity contribution in [1.82, 2.24) is 4.98 Å². The Kier molecular flexibility index (Phi) is 2.96. The summed E-state index contributed by atoms with van der Waals surface area (Å²) in [6.45, 7) is 0.144. The van der Waals surface area contributed by atoms with E-state index in [0.29, 0.717) is 17.2 Å². The van der Waals surface area contributed by atoms with Crippen LogP contribution in [0.5, 0.6) is 23.1 Å². The van der Waals surface area contributed by atoms with E-state index in [4.69, 9.17) is 19.3 Å². The summed E-state index contributed by atoms with van der Waals surface area (Å²) in [5.41, 5.74) is 0. The van der Waals surface area contributed by atoms with Gasteiger partial charge < -0.3 is 14.2 Å². The second kappa shape index (κ2) is 4.66. The summed E-state index contributed by atoms with van der Waals surface area (Å²) in [5, 5.41) is 5.11. The number of sulfonamides is 1. The maximum atomic E-state index is 11.4. The summed E-state index contributed by atoms with van der Waals surface area (Å²) >= 11 is 0. The highest BCUT2D eigenvalue weighted by Crippen LogP contribution is 2.37. The molecule has 2 N–H and O–H groups in total. The molecule has 1 aliphatic heterocycles. The Balaban J connectivity index is 1.96. The number of rotatable bonds is 3. The molecule has 3 rings (SSSR count). The first-order valence-electron chi connectivity index (χ1n) is 5.59. The van der Waals surface area contributed by atoms with Crippen molar-refractivity contribution in [2.75, 3.05) is 6.79 Å². The highest BCUT2D eigenvalue weighted by molar-refractivity contribution is 7.89. The third kappa shape index (κ3) is 2.38. The standard InChI is InChI=1S/C12H10N2O5S/c13-20(15,16)11-2-1-5-14-12(11)19-8-3-4-9-10(6-8)18-7-17-9/h1-6H,7H2,(H2,13,15,16). The zero-order valence-electron chi connectivity index (χ0n) is 10.1. The van der Waals surface area contributed by atoms with Gasteiger partial charge in [-0.15, -0.1) is 0 Å². The van der Waals surface area contributed by atoms with Crippen LogP contribution in [0.1, 0.15) is 0 Å². The lowest BCUT2D eigenvalue weighted by Crippen LogP contribution is -2.13. The number of hydrogen-bond donors (Lipinski definition) is 1. The van der Waals surface area contributed by atoms with Crippen molar-refractivity contribution >= 4 is 10.0 Å². The third-order valence-electron chi connectivity index (χ3n) is 2.60. The van der Waals surface area contributed by atoms with Gasteiger partial charge in [-0.1, -0.05) is 0 Å². The smallest absolute Gasteiger partial charge is 0.243 e. The third-order valence-corrected chi connectivity index (χ3v) is 3.53. The van der Waals surface area contributed by atoms with Gasteiger partial charge >= 0.3 is 0 Å². The molecular formula is C12H10N2O5S. The summed E-state index contributed by atoms with van der Waals surface area (Å²) < 4.78 is 38.7. The van der Waals surface area contributed by atoms with Crippen LogP contribution in [0.3, 0.4) is 0 Å². The van der Waals surface area contributed by atoms with E-state index >= 15 is 0 Å². The van der Waals surface area contributed by atoms with Gasteiger partial charge in [0.15, 0.2) is 11.5 Å². The molecular weight excluding hydrogens is 284 g/mol. The van der Waals surface area contributed by atoms with Crippen molar-refractivity contribution in [3.05, 3.63) is 36.5 Å². The molecule has 0 saturated heterocycles. The molecule has 0 amide bonds. The van der Waals surface area contributed by atoms with Crippen LogP contribution in [0.2, 0.25) is 0 Å². The van der Waals surface area contributed by atoms with Crippen LogP contribution in [0.15, 0.2) is 41.4 Å². The molecule has 0 bridgehead atoms.